The molecule has 0 fully saturated rings. The summed E-state index contributed by atoms with van der Waals surface area (Å²) in [4.78, 5) is 10.7. The number of rotatable bonds is 7. The van der Waals surface area contributed by atoms with Gasteiger partial charge in [0.15, 0.2) is 0 Å². The van der Waals surface area contributed by atoms with Crippen molar-refractivity contribution in [2.75, 3.05) is 18.2 Å². The van der Waals surface area contributed by atoms with E-state index in [-0.39, 0.29) is 0 Å². The molecule has 1 atom stereocenters. The minimum atomic E-state index is -2.22. The van der Waals surface area contributed by atoms with E-state index >= 15 is 0 Å². The van der Waals surface area contributed by atoms with Crippen LogP contribution in [-0.4, -0.2) is 32.9 Å². The molecule has 2 aromatic heterocycles. The fourth-order valence-corrected chi connectivity index (χ4v) is 3.73. The van der Waals surface area contributed by atoms with Gasteiger partial charge in [-0.2, -0.15) is 4.98 Å². The molecule has 1 aromatic carbocycles. The van der Waals surface area contributed by atoms with Crippen molar-refractivity contribution in [2.24, 2.45) is 0 Å². The van der Waals surface area contributed by atoms with Gasteiger partial charge >= 0.3 is 0 Å². The molecular formula is C19H21N3O2S2. The second-order valence-corrected chi connectivity index (χ2v) is 9.32. The van der Waals surface area contributed by atoms with Crippen LogP contribution in [0.3, 0.4) is 0 Å². The Kier molecular flexibility index (Phi) is 5.58. The Morgan fingerprint density at radius 1 is 1.27 bits per heavy atom. The molecule has 2 heterocycles. The van der Waals surface area contributed by atoms with Crippen LogP contribution < -0.4 is 10.1 Å². The van der Waals surface area contributed by atoms with Crippen molar-refractivity contribution in [1.29, 1.82) is 0 Å². The van der Waals surface area contributed by atoms with Crippen LogP contribution in [0.2, 0.25) is 0 Å². The highest BCUT2D eigenvalue weighted by molar-refractivity contribution is 7.99. The summed E-state index contributed by atoms with van der Waals surface area (Å²) in [5.41, 5.74) is 1.69. The first kappa shape index (κ1) is 18.4. The summed E-state index contributed by atoms with van der Waals surface area (Å²) >= 11 is 1.62. The normalized spacial score (nSPS) is 13.2. The van der Waals surface area contributed by atoms with Gasteiger partial charge in [0.05, 0.1) is 12.2 Å². The molecular weight excluding hydrogens is 366 g/mol. The lowest BCUT2D eigenvalue weighted by molar-refractivity contribution is 0.306. The van der Waals surface area contributed by atoms with E-state index in [1.54, 1.807) is 35.9 Å². The molecule has 0 amide bonds. The van der Waals surface area contributed by atoms with Crippen LogP contribution in [0.5, 0.6) is 5.88 Å². The first-order valence-electron chi connectivity index (χ1n) is 8.20. The van der Waals surface area contributed by atoms with Crippen LogP contribution >= 0.6 is 11.3 Å². The molecule has 3 aromatic rings. The zero-order valence-corrected chi connectivity index (χ0v) is 16.4. The summed E-state index contributed by atoms with van der Waals surface area (Å²) in [5.74, 6) is 4.72. The molecule has 0 saturated carbocycles. The van der Waals surface area contributed by atoms with Crippen LogP contribution in [0, 0.1) is 0 Å². The minimum Gasteiger partial charge on any atom is -0.477 e. The van der Waals surface area contributed by atoms with Crippen molar-refractivity contribution in [3.63, 3.8) is 0 Å². The van der Waals surface area contributed by atoms with E-state index in [2.05, 4.69) is 28.1 Å². The van der Waals surface area contributed by atoms with Crippen LogP contribution in [0.1, 0.15) is 13.3 Å². The monoisotopic (exact) mass is 387 g/mol. The van der Waals surface area contributed by atoms with E-state index in [9.17, 15) is 4.21 Å². The van der Waals surface area contributed by atoms with E-state index in [1.807, 2.05) is 29.6 Å². The van der Waals surface area contributed by atoms with Gasteiger partial charge in [-0.05, 0) is 57.5 Å². The van der Waals surface area contributed by atoms with Gasteiger partial charge in [0.25, 0.3) is 0 Å². The van der Waals surface area contributed by atoms with Crippen LogP contribution in [0.15, 0.2) is 52.9 Å². The lowest BCUT2D eigenvalue weighted by Crippen LogP contribution is -2.04. The molecule has 0 aliphatic heterocycles. The largest absolute Gasteiger partial charge is 0.477 e. The number of thiophene rings is 1. The van der Waals surface area contributed by atoms with E-state index in [0.29, 0.717) is 23.3 Å². The van der Waals surface area contributed by atoms with Crippen molar-refractivity contribution in [3.05, 3.63) is 48.0 Å². The van der Waals surface area contributed by atoms with Crippen molar-refractivity contribution in [1.82, 2.24) is 9.97 Å². The Balaban J connectivity index is 1.86. The highest BCUT2D eigenvalue weighted by Crippen LogP contribution is 2.32. The predicted octanol–water partition coefficient (Wildman–Crippen LogP) is 4.44. The van der Waals surface area contributed by atoms with Gasteiger partial charge < -0.3 is 10.1 Å². The van der Waals surface area contributed by atoms with Gasteiger partial charge in [-0.3, -0.25) is 4.21 Å². The zero-order chi connectivity index (χ0) is 18.6. The van der Waals surface area contributed by atoms with Crippen molar-refractivity contribution < 1.29 is 8.95 Å². The molecule has 5 nitrogen and oxygen atoms in total. The highest BCUT2D eigenvalue weighted by Gasteiger charge is 2.12. The standard InChI is InChI=1S/C19H21N3O2S2/c1-4-11-24-18-16(17-6-5-12-25-17)13-20-19(22-18)21-14-7-9-15(10-8-14)26(2,3)23/h5-10,12-13H,2,4,11H2,1,3H3,(H,20,21,22). The third-order valence-corrected chi connectivity index (χ3v) is 5.76. The van der Waals surface area contributed by atoms with Crippen molar-refractivity contribution >= 4 is 38.4 Å². The highest BCUT2D eigenvalue weighted by atomic mass is 32.2. The SMILES string of the molecule is C=S(C)(=O)c1ccc(Nc2ncc(-c3cccs3)c(OCCC)n2)cc1. The topological polar surface area (TPSA) is 64.1 Å². The average Bonchev–Trinajstić information content (AvgIpc) is 3.14. The second kappa shape index (κ2) is 7.88. The average molecular weight is 388 g/mol. The Hall–Kier alpha value is -2.38. The van der Waals surface area contributed by atoms with Crippen molar-refractivity contribution in [2.45, 2.75) is 18.2 Å². The zero-order valence-electron chi connectivity index (χ0n) is 14.8. The first-order chi connectivity index (χ1) is 12.5. The Labute approximate surface area is 158 Å². The first-order valence-corrected chi connectivity index (χ1v) is 11.2. The van der Waals surface area contributed by atoms with E-state index in [1.165, 1.54) is 0 Å². The number of hydrogen-bond donors (Lipinski definition) is 1. The number of anilines is 2. The fourth-order valence-electron chi connectivity index (χ4n) is 2.29. The van der Waals surface area contributed by atoms with E-state index in [0.717, 1.165) is 22.5 Å². The Morgan fingerprint density at radius 3 is 2.65 bits per heavy atom. The quantitative estimate of drug-likeness (QED) is 0.607. The summed E-state index contributed by atoms with van der Waals surface area (Å²) in [6, 6.07) is 11.3. The number of benzene rings is 1. The molecule has 3 rings (SSSR count). The van der Waals surface area contributed by atoms with Gasteiger partial charge in [0.2, 0.25) is 11.8 Å². The Morgan fingerprint density at radius 2 is 2.04 bits per heavy atom. The summed E-state index contributed by atoms with van der Waals surface area (Å²) in [7, 11) is -2.22. The smallest absolute Gasteiger partial charge is 0.230 e. The number of aromatic nitrogens is 2. The molecule has 1 N–H and O–H groups in total. The maximum Gasteiger partial charge on any atom is 0.230 e. The van der Waals surface area contributed by atoms with Gasteiger partial charge in [0, 0.05) is 27.9 Å². The minimum absolute atomic E-state index is 0.455. The summed E-state index contributed by atoms with van der Waals surface area (Å²) in [6.45, 7) is 2.65. The number of hydrogen-bond acceptors (Lipinski definition) is 6. The van der Waals surface area contributed by atoms with Gasteiger partial charge in [-0.1, -0.05) is 13.0 Å². The lowest BCUT2D eigenvalue weighted by Gasteiger charge is -2.11. The molecule has 7 heteroatoms. The number of ether oxygens (including phenoxy) is 1. The van der Waals surface area contributed by atoms with E-state index < -0.39 is 9.52 Å². The summed E-state index contributed by atoms with van der Waals surface area (Å²) < 4.78 is 17.8. The van der Waals surface area contributed by atoms with E-state index in [4.69, 9.17) is 4.74 Å². The maximum atomic E-state index is 12.0. The fraction of sp³-hybridized carbons (Fsp3) is 0.211. The Bertz CT molecular complexity index is 967. The van der Waals surface area contributed by atoms with Gasteiger partial charge in [-0.15, -0.1) is 11.3 Å². The second-order valence-electron chi connectivity index (χ2n) is 5.89. The third-order valence-electron chi connectivity index (χ3n) is 3.59. The maximum absolute atomic E-state index is 12.0. The molecule has 1 unspecified atom stereocenters. The number of nitrogens with zero attached hydrogens (tertiary/aromatic N) is 2. The molecule has 26 heavy (non-hydrogen) atoms. The molecule has 0 bridgehead atoms. The third kappa shape index (κ3) is 4.42. The number of nitrogens with one attached hydrogen (secondary N) is 1. The van der Waals surface area contributed by atoms with Crippen LogP contribution in [-0.2, 0) is 9.52 Å². The molecule has 0 aliphatic rings. The molecule has 0 aliphatic carbocycles. The predicted molar refractivity (Wildman–Crippen MR) is 110 cm³/mol. The van der Waals surface area contributed by atoms with Crippen molar-refractivity contribution in [3.8, 4) is 16.3 Å². The molecule has 0 spiro atoms. The summed E-state index contributed by atoms with van der Waals surface area (Å²) in [5, 5.41) is 5.17. The molecule has 0 saturated heterocycles. The molecule has 0 radical (unpaired) electrons. The van der Waals surface area contributed by atoms with Gasteiger partial charge in [0.1, 0.15) is 0 Å². The van der Waals surface area contributed by atoms with Crippen LogP contribution in [0.25, 0.3) is 10.4 Å². The van der Waals surface area contributed by atoms with Crippen LogP contribution in [0.4, 0.5) is 11.6 Å². The van der Waals surface area contributed by atoms with Gasteiger partial charge in [-0.25, -0.2) is 4.98 Å². The lowest BCUT2D eigenvalue weighted by atomic mass is 10.2. The molecule has 136 valence electrons. The summed E-state index contributed by atoms with van der Waals surface area (Å²) in [6.07, 6.45) is 4.30.